The van der Waals surface area contributed by atoms with Crippen LogP contribution in [0.25, 0.3) is 0 Å². The number of ether oxygens (including phenoxy) is 2. The van der Waals surface area contributed by atoms with E-state index in [1.54, 1.807) is 18.6 Å². The van der Waals surface area contributed by atoms with Crippen LogP contribution in [0.3, 0.4) is 0 Å². The molecule has 7 heterocycles. The number of anilines is 4. The molecule has 0 bridgehead atoms. The van der Waals surface area contributed by atoms with Gasteiger partial charge in [0.2, 0.25) is 5.95 Å². The topological polar surface area (TPSA) is 127 Å². The lowest BCUT2D eigenvalue weighted by Crippen LogP contribution is -2.66. The Morgan fingerprint density at radius 2 is 1.80 bits per heavy atom. The van der Waals surface area contributed by atoms with Crippen LogP contribution >= 0.6 is 35.8 Å². The van der Waals surface area contributed by atoms with Crippen molar-refractivity contribution in [2.24, 2.45) is 16.6 Å². The summed E-state index contributed by atoms with van der Waals surface area (Å²) >= 11 is 8.21. The Morgan fingerprint density at radius 1 is 1.02 bits per heavy atom. The van der Waals surface area contributed by atoms with Crippen LogP contribution in [0, 0.1) is 10.8 Å². The Labute approximate surface area is 254 Å². The van der Waals surface area contributed by atoms with Crippen molar-refractivity contribution in [3.63, 3.8) is 0 Å². The molecular formula is C27H33Cl2N9O2S. The van der Waals surface area contributed by atoms with Crippen LogP contribution in [0.2, 0.25) is 5.02 Å². The lowest BCUT2D eigenvalue weighted by Gasteiger charge is -2.54. The van der Waals surface area contributed by atoms with Gasteiger partial charge in [0, 0.05) is 54.9 Å². The van der Waals surface area contributed by atoms with E-state index >= 15 is 0 Å². The first kappa shape index (κ1) is 28.6. The number of hydrogen-bond donors (Lipinski definition) is 2. The molecule has 0 saturated carbocycles. The number of hydrogen-bond acceptors (Lipinski definition) is 12. The second-order valence-electron chi connectivity index (χ2n) is 11.4. The largest absolute Gasteiger partial charge is 0.380 e. The van der Waals surface area contributed by atoms with Crippen LogP contribution in [0.5, 0.6) is 0 Å². The standard InChI is InChI=1S/C27H32ClN9O2S.ClH/c1-17-23(29)27(16-39-17)4-8-36(9-5-27)20-10-33-21(11-32-20)40-18-2-6-30-24(22(18)28)34-19-3-7-31-25(35-19)37-12-26(13-37)14-38-15-26;/h2-3,6-7,10-11,17,23H,4-5,8-9,12-16,29H2,1H3,(H,30,31,34,35);1H/t17-,23+;/m0./s1. The first-order valence-corrected chi connectivity index (χ1v) is 14.8. The molecule has 2 spiro atoms. The van der Waals surface area contributed by atoms with E-state index in [2.05, 4.69) is 42.0 Å². The van der Waals surface area contributed by atoms with E-state index in [1.807, 2.05) is 18.3 Å². The van der Waals surface area contributed by atoms with Gasteiger partial charge in [-0.25, -0.2) is 19.9 Å². The Bertz CT molecular complexity index is 1380. The average Bonchev–Trinajstić information content (AvgIpc) is 3.19. The Morgan fingerprint density at radius 3 is 2.46 bits per heavy atom. The smallest absolute Gasteiger partial charge is 0.227 e. The number of piperidine rings is 1. The summed E-state index contributed by atoms with van der Waals surface area (Å²) in [6.45, 7) is 8.10. The normalized spacial score (nSPS) is 24.1. The minimum atomic E-state index is 0. The fourth-order valence-electron chi connectivity index (χ4n) is 6.05. The highest BCUT2D eigenvalue weighted by Crippen LogP contribution is 2.42. The van der Waals surface area contributed by atoms with E-state index in [0.717, 1.165) is 74.6 Å². The maximum Gasteiger partial charge on any atom is 0.227 e. The molecular weight excluding hydrogens is 585 g/mol. The van der Waals surface area contributed by atoms with E-state index in [0.29, 0.717) is 28.0 Å². The number of nitrogens with two attached hydrogens (primary N) is 1. The lowest BCUT2D eigenvalue weighted by molar-refractivity contribution is -0.127. The molecule has 0 unspecified atom stereocenters. The number of nitrogens with zero attached hydrogens (tertiary/aromatic N) is 7. The van der Waals surface area contributed by atoms with Crippen LogP contribution in [-0.4, -0.2) is 83.1 Å². The third kappa shape index (κ3) is 5.41. The highest BCUT2D eigenvalue weighted by Gasteiger charge is 2.50. The van der Waals surface area contributed by atoms with Gasteiger partial charge in [-0.1, -0.05) is 23.4 Å². The second-order valence-corrected chi connectivity index (χ2v) is 12.8. The van der Waals surface area contributed by atoms with E-state index in [1.165, 1.54) is 11.8 Å². The van der Waals surface area contributed by atoms with Gasteiger partial charge in [0.25, 0.3) is 0 Å². The minimum absolute atomic E-state index is 0. The van der Waals surface area contributed by atoms with E-state index < -0.39 is 0 Å². The predicted molar refractivity (Wildman–Crippen MR) is 161 cm³/mol. The summed E-state index contributed by atoms with van der Waals surface area (Å²) in [5.74, 6) is 2.73. The Balaban J connectivity index is 0.00000302. The molecule has 14 heteroatoms. The summed E-state index contributed by atoms with van der Waals surface area (Å²) in [4.78, 5) is 28.2. The molecule has 4 aliphatic heterocycles. The van der Waals surface area contributed by atoms with Gasteiger partial charge >= 0.3 is 0 Å². The zero-order chi connectivity index (χ0) is 27.3. The van der Waals surface area contributed by atoms with Crippen LogP contribution < -0.4 is 20.9 Å². The molecule has 4 fully saturated rings. The van der Waals surface area contributed by atoms with E-state index in [-0.39, 0.29) is 30.0 Å². The van der Waals surface area contributed by atoms with Crippen molar-refractivity contribution in [3.05, 3.63) is 41.9 Å². The van der Waals surface area contributed by atoms with Crippen molar-refractivity contribution in [2.45, 2.75) is 41.8 Å². The van der Waals surface area contributed by atoms with Crippen LogP contribution in [0.4, 0.5) is 23.4 Å². The van der Waals surface area contributed by atoms with Crippen molar-refractivity contribution in [1.82, 2.24) is 24.9 Å². The average molecular weight is 619 g/mol. The van der Waals surface area contributed by atoms with Crippen LogP contribution in [0.15, 0.2) is 46.8 Å². The molecule has 218 valence electrons. The highest BCUT2D eigenvalue weighted by molar-refractivity contribution is 7.99. The molecule has 11 nitrogen and oxygen atoms in total. The van der Waals surface area contributed by atoms with Gasteiger partial charge < -0.3 is 30.3 Å². The Hall–Kier alpha value is -2.48. The minimum Gasteiger partial charge on any atom is -0.380 e. The third-order valence-electron chi connectivity index (χ3n) is 8.65. The van der Waals surface area contributed by atoms with Crippen LogP contribution in [0.1, 0.15) is 19.8 Å². The molecule has 3 aromatic heterocycles. The summed E-state index contributed by atoms with van der Waals surface area (Å²) in [5, 5.41) is 4.51. The maximum atomic E-state index is 6.76. The fraction of sp³-hybridized carbons (Fsp3) is 0.519. The number of aromatic nitrogens is 5. The summed E-state index contributed by atoms with van der Waals surface area (Å²) in [5.41, 5.74) is 6.84. The molecule has 0 aromatic carbocycles. The monoisotopic (exact) mass is 617 g/mol. The molecule has 3 aromatic rings. The molecule has 3 N–H and O–H groups in total. The van der Waals surface area contributed by atoms with Gasteiger partial charge in [-0.3, -0.25) is 0 Å². The van der Waals surface area contributed by atoms with Gasteiger partial charge in [0.05, 0.1) is 48.8 Å². The van der Waals surface area contributed by atoms with Gasteiger partial charge in [0.15, 0.2) is 5.82 Å². The first-order valence-electron chi connectivity index (χ1n) is 13.6. The predicted octanol–water partition coefficient (Wildman–Crippen LogP) is 3.80. The summed E-state index contributed by atoms with van der Waals surface area (Å²) in [6, 6.07) is 3.78. The molecule has 0 amide bonds. The maximum absolute atomic E-state index is 6.76. The first-order chi connectivity index (χ1) is 19.4. The Kier molecular flexibility index (Phi) is 7.90. The molecule has 0 aliphatic carbocycles. The summed E-state index contributed by atoms with van der Waals surface area (Å²) < 4.78 is 11.2. The van der Waals surface area contributed by atoms with Gasteiger partial charge in [-0.15, -0.1) is 12.4 Å². The third-order valence-corrected chi connectivity index (χ3v) is 10.1. The molecule has 4 saturated heterocycles. The molecule has 41 heavy (non-hydrogen) atoms. The van der Waals surface area contributed by atoms with E-state index in [9.17, 15) is 0 Å². The van der Waals surface area contributed by atoms with Gasteiger partial charge in [-0.05, 0) is 31.9 Å². The molecule has 2 atom stereocenters. The SMILES string of the molecule is C[C@@H]1OCC2(CCN(c3cnc(Sc4ccnc(Nc5ccnc(N6CC7(COC7)C6)n5)c4Cl)cn3)CC2)[C@@H]1N.Cl. The van der Waals surface area contributed by atoms with Crippen molar-refractivity contribution in [1.29, 1.82) is 0 Å². The van der Waals surface area contributed by atoms with Crippen molar-refractivity contribution >= 4 is 59.2 Å². The molecule has 4 aliphatic rings. The number of halogens is 2. The fourth-order valence-corrected chi connectivity index (χ4v) is 7.08. The van der Waals surface area contributed by atoms with Crippen molar-refractivity contribution in [2.75, 3.05) is 61.1 Å². The summed E-state index contributed by atoms with van der Waals surface area (Å²) in [6.07, 6.45) is 9.22. The number of pyridine rings is 1. The lowest BCUT2D eigenvalue weighted by atomic mass is 9.73. The van der Waals surface area contributed by atoms with E-state index in [4.69, 9.17) is 31.8 Å². The van der Waals surface area contributed by atoms with Crippen LogP contribution in [-0.2, 0) is 9.47 Å². The zero-order valence-electron chi connectivity index (χ0n) is 22.7. The molecule has 7 rings (SSSR count). The zero-order valence-corrected chi connectivity index (χ0v) is 25.1. The van der Waals surface area contributed by atoms with Gasteiger partial charge in [-0.2, -0.15) is 4.98 Å². The number of nitrogens with one attached hydrogen (secondary N) is 1. The second kappa shape index (κ2) is 11.3. The van der Waals surface area contributed by atoms with Gasteiger partial charge in [0.1, 0.15) is 16.7 Å². The summed E-state index contributed by atoms with van der Waals surface area (Å²) in [7, 11) is 0. The van der Waals surface area contributed by atoms with Crippen molar-refractivity contribution < 1.29 is 9.47 Å². The highest BCUT2D eigenvalue weighted by atomic mass is 35.5. The van der Waals surface area contributed by atoms with Crippen molar-refractivity contribution in [3.8, 4) is 0 Å². The number of rotatable bonds is 6. The quantitative estimate of drug-likeness (QED) is 0.417. The molecule has 0 radical (unpaired) electrons.